The molecule has 0 heterocycles. The van der Waals surface area contributed by atoms with Gasteiger partial charge >= 0.3 is 0 Å². The molecule has 0 unspecified atom stereocenters. The Morgan fingerprint density at radius 3 is 1.55 bits per heavy atom. The van der Waals surface area contributed by atoms with Crippen LogP contribution >= 0.6 is 69.6 Å². The molecule has 0 bridgehead atoms. The molecular formula is C4H4Cl6O. The summed E-state index contributed by atoms with van der Waals surface area (Å²) in [6.07, 6.45) is 0. The van der Waals surface area contributed by atoms with E-state index in [1.807, 2.05) is 0 Å². The number of hydrogen-bond donors (Lipinski definition) is 1. The van der Waals surface area contributed by atoms with Gasteiger partial charge in [-0.25, -0.2) is 0 Å². The number of alkyl halides is 3. The minimum Gasteiger partial charge on any atom is -0.362 e. The number of halogens is 6. The van der Waals surface area contributed by atoms with E-state index >= 15 is 0 Å². The van der Waals surface area contributed by atoms with Gasteiger partial charge in [0.2, 0.25) is 4.52 Å². The van der Waals surface area contributed by atoms with Crippen LogP contribution in [0.15, 0.2) is 10.0 Å². The van der Waals surface area contributed by atoms with Gasteiger partial charge in [0.15, 0.2) is 0 Å². The minimum atomic E-state index is -1.75. The topological polar surface area (TPSA) is 20.2 Å². The highest BCUT2D eigenvalue weighted by Gasteiger charge is 2.15. The molecule has 1 N–H and O–H groups in total. The van der Waals surface area contributed by atoms with Gasteiger partial charge in [-0.05, 0) is 0 Å². The van der Waals surface area contributed by atoms with Crippen LogP contribution < -0.4 is 0 Å². The predicted octanol–water partition coefficient (Wildman–Crippen LogP) is 3.85. The van der Waals surface area contributed by atoms with Gasteiger partial charge in [0.05, 0.1) is 5.88 Å². The predicted molar refractivity (Wildman–Crippen MR) is 53.0 cm³/mol. The Morgan fingerprint density at radius 1 is 1.36 bits per heavy atom. The third-order valence-electron chi connectivity index (χ3n) is 0.243. The summed E-state index contributed by atoms with van der Waals surface area (Å²) >= 11 is 29.6. The Kier molecular flexibility index (Phi) is 10.9. The van der Waals surface area contributed by atoms with Gasteiger partial charge in [-0.2, -0.15) is 0 Å². The average molecular weight is 281 g/mol. The van der Waals surface area contributed by atoms with Crippen LogP contribution in [-0.4, -0.2) is 15.5 Å². The number of rotatable bonds is 1. The smallest absolute Gasteiger partial charge is 0.228 e. The first kappa shape index (κ1) is 14.9. The van der Waals surface area contributed by atoms with Crippen LogP contribution in [-0.2, 0) is 0 Å². The van der Waals surface area contributed by atoms with Crippen LogP contribution in [0, 0.1) is 0 Å². The zero-order valence-corrected chi connectivity index (χ0v) is 9.54. The average Bonchev–Trinajstić information content (AvgIpc) is 1.88. The van der Waals surface area contributed by atoms with Gasteiger partial charge in [-0.15, -0.1) is 11.6 Å². The molecule has 0 aliphatic heterocycles. The first-order valence-corrected chi connectivity index (χ1v) is 4.59. The van der Waals surface area contributed by atoms with E-state index in [1.165, 1.54) is 0 Å². The van der Waals surface area contributed by atoms with Crippen molar-refractivity contribution in [2.24, 2.45) is 0 Å². The molecular weight excluding hydrogens is 277 g/mol. The van der Waals surface area contributed by atoms with E-state index in [0.29, 0.717) is 0 Å². The summed E-state index contributed by atoms with van der Waals surface area (Å²) in [5.74, 6) is -0.171. The quantitative estimate of drug-likeness (QED) is 0.724. The fourth-order valence-electron chi connectivity index (χ4n) is 0. The highest BCUT2D eigenvalue weighted by Crippen LogP contribution is 2.16. The lowest BCUT2D eigenvalue weighted by molar-refractivity contribution is 0.239. The zero-order chi connectivity index (χ0) is 9.49. The second-order valence-corrected chi connectivity index (χ2v) is 4.14. The maximum Gasteiger partial charge on any atom is 0.228 e. The normalized spacial score (nSPS) is 9.73. The molecule has 0 saturated heterocycles. The van der Waals surface area contributed by atoms with E-state index in [-0.39, 0.29) is 10.4 Å². The summed E-state index contributed by atoms with van der Waals surface area (Å²) in [6, 6.07) is 0. The van der Waals surface area contributed by atoms with Crippen molar-refractivity contribution < 1.29 is 5.11 Å². The van der Waals surface area contributed by atoms with Gasteiger partial charge in [-0.1, -0.05) is 58.0 Å². The Bertz CT molecular complexity index is 112. The fourth-order valence-corrected chi connectivity index (χ4v) is 0. The lowest BCUT2D eigenvalue weighted by Crippen LogP contribution is -2.11. The summed E-state index contributed by atoms with van der Waals surface area (Å²) in [6.45, 7) is 0. The molecule has 0 aromatic heterocycles. The fraction of sp³-hybridized carbons (Fsp3) is 0.500. The van der Waals surface area contributed by atoms with Crippen LogP contribution in [0.4, 0.5) is 0 Å². The van der Waals surface area contributed by atoms with Crippen LogP contribution in [0.1, 0.15) is 0 Å². The zero-order valence-electron chi connectivity index (χ0n) is 5.00. The molecule has 68 valence electrons. The molecule has 0 fully saturated rings. The van der Waals surface area contributed by atoms with E-state index in [2.05, 4.69) is 0 Å². The number of aliphatic hydroxyl groups is 1. The molecule has 0 amide bonds. The molecule has 1 nitrogen and oxygen atoms in total. The summed E-state index contributed by atoms with van der Waals surface area (Å²) in [5, 5.41) is 8.23. The minimum absolute atomic E-state index is 0.0895. The lowest BCUT2D eigenvalue weighted by atomic mass is 10.8. The van der Waals surface area contributed by atoms with Crippen molar-refractivity contribution in [1.82, 2.24) is 0 Å². The third kappa shape index (κ3) is 24.6. The molecule has 0 atom stereocenters. The van der Waals surface area contributed by atoms with Crippen molar-refractivity contribution in [3.63, 3.8) is 0 Å². The van der Waals surface area contributed by atoms with Crippen molar-refractivity contribution in [3.05, 3.63) is 10.0 Å². The summed E-state index contributed by atoms with van der Waals surface area (Å²) < 4.78 is -1.66. The molecule has 11 heavy (non-hydrogen) atoms. The maximum atomic E-state index is 8.23. The van der Waals surface area contributed by atoms with Gasteiger partial charge in [-0.3, -0.25) is 0 Å². The molecule has 7 heteroatoms. The molecule has 0 aliphatic carbocycles. The van der Waals surface area contributed by atoms with Crippen molar-refractivity contribution >= 4 is 69.6 Å². The van der Waals surface area contributed by atoms with Crippen molar-refractivity contribution in [2.75, 3.05) is 5.88 Å². The second-order valence-electron chi connectivity index (χ2n) is 1.20. The molecule has 0 spiro atoms. The molecule has 0 radical (unpaired) electrons. The maximum absolute atomic E-state index is 8.23. The molecule has 0 aromatic carbocycles. The largest absolute Gasteiger partial charge is 0.362 e. The van der Waals surface area contributed by atoms with Gasteiger partial charge in [0.25, 0.3) is 0 Å². The highest BCUT2D eigenvalue weighted by molar-refractivity contribution is 6.58. The first-order chi connectivity index (χ1) is 4.83. The molecule has 0 rings (SSSR count). The van der Waals surface area contributed by atoms with E-state index in [1.54, 1.807) is 0 Å². The third-order valence-corrected chi connectivity index (χ3v) is 1.83. The second kappa shape index (κ2) is 8.06. The van der Waals surface area contributed by atoms with E-state index < -0.39 is 4.52 Å². The van der Waals surface area contributed by atoms with Crippen molar-refractivity contribution in [1.29, 1.82) is 0 Å². The monoisotopic (exact) mass is 278 g/mol. The van der Waals surface area contributed by atoms with Gasteiger partial charge in [0, 0.05) is 5.54 Å². The van der Waals surface area contributed by atoms with Crippen LogP contribution in [0.3, 0.4) is 0 Å². The van der Waals surface area contributed by atoms with Gasteiger partial charge < -0.3 is 5.11 Å². The Balaban J connectivity index is 0. The SMILES string of the molecule is ClC=C(Cl)Cl.OC(Cl)(Cl)CCl. The molecule has 0 aromatic rings. The molecule has 0 saturated carbocycles. The Hall–Kier alpha value is 1.44. The first-order valence-electron chi connectivity index (χ1n) is 2.11. The van der Waals surface area contributed by atoms with E-state index in [9.17, 15) is 0 Å². The van der Waals surface area contributed by atoms with Crippen LogP contribution in [0.5, 0.6) is 0 Å². The molecule has 0 aliphatic rings. The summed E-state index contributed by atoms with van der Waals surface area (Å²) in [4.78, 5) is 0. The Labute approximate surface area is 94.8 Å². The van der Waals surface area contributed by atoms with Crippen LogP contribution in [0.25, 0.3) is 0 Å². The van der Waals surface area contributed by atoms with Crippen molar-refractivity contribution in [2.45, 2.75) is 4.52 Å². The van der Waals surface area contributed by atoms with Gasteiger partial charge in [0.1, 0.15) is 4.49 Å². The number of hydrogen-bond acceptors (Lipinski definition) is 1. The summed E-state index contributed by atoms with van der Waals surface area (Å²) in [7, 11) is 0. The van der Waals surface area contributed by atoms with E-state index in [0.717, 1.165) is 5.54 Å². The highest BCUT2D eigenvalue weighted by atomic mass is 35.5. The summed E-state index contributed by atoms with van der Waals surface area (Å²) in [5.41, 5.74) is 1.09. The van der Waals surface area contributed by atoms with Crippen LogP contribution in [0.2, 0.25) is 0 Å². The van der Waals surface area contributed by atoms with E-state index in [4.69, 9.17) is 74.7 Å². The Morgan fingerprint density at radius 2 is 1.55 bits per heavy atom. The lowest BCUT2D eigenvalue weighted by Gasteiger charge is -2.03. The van der Waals surface area contributed by atoms with Crippen molar-refractivity contribution in [3.8, 4) is 0 Å². The standard InChI is InChI=1S/C2H3Cl3O.C2HCl3/c3-1-2(4,5)6;3-1-2(4)5/h6H,1H2;1H.